The van der Waals surface area contributed by atoms with Gasteiger partial charge in [0.25, 0.3) is 0 Å². The van der Waals surface area contributed by atoms with Crippen LogP contribution in [-0.2, 0) is 9.47 Å². The number of aliphatic hydroxyl groups is 8. The summed E-state index contributed by atoms with van der Waals surface area (Å²) in [4.78, 5) is 13.7. The molecule has 10 atom stereocenters. The summed E-state index contributed by atoms with van der Waals surface area (Å²) in [5.41, 5.74) is -1.88. The summed E-state index contributed by atoms with van der Waals surface area (Å²) in [6, 6.07) is 3.55. The zero-order chi connectivity index (χ0) is 32.9. The van der Waals surface area contributed by atoms with E-state index in [9.17, 15) is 66.1 Å². The van der Waals surface area contributed by atoms with Gasteiger partial charge in [0.2, 0.25) is 29.5 Å². The molecule has 0 amide bonds. The standard InChI is InChI=1S/C27H30O18/c28-5-13-17(34)20(37)22(39)26(43-13)42-12-2-7(1-10(32)16(12)33)24-25(19(36)15-9(31)3-8(30)4-11(15)41-24)45-27-23(40)21(38)18(35)14(6-29)44-27/h1-4,13-14,17-18,20-23,26-35,37-40H,5-6H2/t13-,14-,17+,18+,20+,21+,22-,23-,26+,27+/m1/s1. The highest BCUT2D eigenvalue weighted by Gasteiger charge is 2.46. The normalized spacial score (nSPS) is 32.0. The SMILES string of the molecule is O=c1c(O[C@@H]2O[C@H](CO)[C@H](O)[C@H](O)[C@H]2O)c(-c2cc(O)c(O)c(O[C@H]3O[C@H](CO)[C@H](O)[C@H](O)[C@H]3O)c2)oc2cc(O)cc(O)c12. The summed E-state index contributed by atoms with van der Waals surface area (Å²) in [6.45, 7) is -1.64. The van der Waals surface area contributed by atoms with E-state index in [2.05, 4.69) is 0 Å². The lowest BCUT2D eigenvalue weighted by molar-refractivity contribution is -0.277. The van der Waals surface area contributed by atoms with Crippen molar-refractivity contribution in [3.63, 3.8) is 0 Å². The molecule has 12 N–H and O–H groups in total. The molecule has 246 valence electrons. The van der Waals surface area contributed by atoms with Crippen LogP contribution in [0.2, 0.25) is 0 Å². The van der Waals surface area contributed by atoms with Crippen LogP contribution in [0.15, 0.2) is 33.5 Å². The first-order chi connectivity index (χ1) is 21.3. The Bertz CT molecular complexity index is 1600. The maximum atomic E-state index is 13.7. The molecule has 18 nitrogen and oxygen atoms in total. The summed E-state index contributed by atoms with van der Waals surface area (Å²) in [7, 11) is 0. The van der Waals surface area contributed by atoms with Crippen LogP contribution in [0.1, 0.15) is 0 Å². The van der Waals surface area contributed by atoms with Gasteiger partial charge < -0.3 is 84.6 Å². The Morgan fingerprint density at radius 2 is 1.22 bits per heavy atom. The van der Waals surface area contributed by atoms with Crippen molar-refractivity contribution < 1.29 is 84.6 Å². The van der Waals surface area contributed by atoms with Crippen LogP contribution in [0.3, 0.4) is 0 Å². The zero-order valence-electron chi connectivity index (χ0n) is 22.8. The van der Waals surface area contributed by atoms with E-state index in [1.54, 1.807) is 0 Å². The predicted octanol–water partition coefficient (Wildman–Crippen LogP) is -3.36. The van der Waals surface area contributed by atoms with Gasteiger partial charge in [-0.05, 0) is 12.1 Å². The average molecular weight is 643 g/mol. The molecule has 0 aliphatic carbocycles. The Balaban J connectivity index is 1.63. The molecule has 2 aliphatic heterocycles. The second-order valence-electron chi connectivity index (χ2n) is 10.4. The lowest BCUT2D eigenvalue weighted by Gasteiger charge is -2.39. The van der Waals surface area contributed by atoms with Gasteiger partial charge in [0, 0.05) is 17.7 Å². The molecular formula is C27H30O18. The van der Waals surface area contributed by atoms with Gasteiger partial charge in [-0.1, -0.05) is 0 Å². The third-order valence-corrected chi connectivity index (χ3v) is 7.41. The first-order valence-corrected chi connectivity index (χ1v) is 13.3. The van der Waals surface area contributed by atoms with E-state index in [4.69, 9.17) is 23.4 Å². The molecular weight excluding hydrogens is 612 g/mol. The Labute approximate surface area is 250 Å². The van der Waals surface area contributed by atoms with Gasteiger partial charge in [0.05, 0.1) is 13.2 Å². The summed E-state index contributed by atoms with van der Waals surface area (Å²) in [6.07, 6.45) is -17.8. The number of ether oxygens (including phenoxy) is 4. The summed E-state index contributed by atoms with van der Waals surface area (Å²) >= 11 is 0. The highest BCUT2D eigenvalue weighted by Crippen LogP contribution is 2.44. The second kappa shape index (κ2) is 12.4. The fourth-order valence-corrected chi connectivity index (χ4v) is 4.95. The number of aromatic hydroxyl groups is 4. The number of phenolic OH excluding ortho intramolecular Hbond substituents is 4. The first kappa shape index (κ1) is 32.4. The smallest absolute Gasteiger partial charge is 0.239 e. The molecule has 0 spiro atoms. The third kappa shape index (κ3) is 5.79. The van der Waals surface area contributed by atoms with Crippen LogP contribution in [0, 0.1) is 0 Å². The topological polar surface area (TPSA) is 310 Å². The third-order valence-electron chi connectivity index (χ3n) is 7.41. The minimum absolute atomic E-state index is 0.327. The summed E-state index contributed by atoms with van der Waals surface area (Å²) in [5, 5.41) is 121. The van der Waals surface area contributed by atoms with Crippen LogP contribution in [0.5, 0.6) is 34.5 Å². The van der Waals surface area contributed by atoms with Crippen molar-refractivity contribution in [1.82, 2.24) is 0 Å². The summed E-state index contributed by atoms with van der Waals surface area (Å²) < 4.78 is 27.4. The number of phenols is 4. The predicted molar refractivity (Wildman–Crippen MR) is 143 cm³/mol. The highest BCUT2D eigenvalue weighted by molar-refractivity contribution is 5.88. The largest absolute Gasteiger partial charge is 0.508 e. The molecule has 45 heavy (non-hydrogen) atoms. The van der Waals surface area contributed by atoms with Crippen LogP contribution < -0.4 is 14.9 Å². The molecule has 0 radical (unpaired) electrons. The van der Waals surface area contributed by atoms with Gasteiger partial charge in [0.1, 0.15) is 71.3 Å². The zero-order valence-corrected chi connectivity index (χ0v) is 22.8. The molecule has 3 aromatic rings. The maximum Gasteiger partial charge on any atom is 0.239 e. The molecule has 3 heterocycles. The molecule has 18 heteroatoms. The molecule has 1 aromatic heterocycles. The van der Waals surface area contributed by atoms with Crippen molar-refractivity contribution in [2.45, 2.75) is 61.4 Å². The van der Waals surface area contributed by atoms with Crippen molar-refractivity contribution in [3.8, 4) is 45.8 Å². The van der Waals surface area contributed by atoms with Crippen LogP contribution in [0.25, 0.3) is 22.3 Å². The average Bonchev–Trinajstić information content (AvgIpc) is 3.00. The lowest BCUT2D eigenvalue weighted by atomic mass is 9.99. The molecule has 0 unspecified atom stereocenters. The monoisotopic (exact) mass is 642 g/mol. The molecule has 2 saturated heterocycles. The number of benzene rings is 2. The van der Waals surface area contributed by atoms with E-state index < -0.39 is 131 Å². The lowest BCUT2D eigenvalue weighted by Crippen LogP contribution is -2.60. The number of fused-ring (bicyclic) bond motifs is 1. The Morgan fingerprint density at radius 3 is 1.78 bits per heavy atom. The summed E-state index contributed by atoms with van der Waals surface area (Å²) in [5.74, 6) is -5.24. The van der Waals surface area contributed by atoms with Gasteiger partial charge in [-0.25, -0.2) is 0 Å². The second-order valence-corrected chi connectivity index (χ2v) is 10.4. The van der Waals surface area contributed by atoms with Crippen molar-refractivity contribution in [3.05, 3.63) is 34.5 Å². The minimum atomic E-state index is -2.00. The molecule has 2 aliphatic rings. The number of rotatable bonds is 7. The van der Waals surface area contributed by atoms with Crippen molar-refractivity contribution >= 4 is 11.0 Å². The molecule has 0 bridgehead atoms. The van der Waals surface area contributed by atoms with Gasteiger partial charge in [-0.15, -0.1) is 0 Å². The Hall–Kier alpha value is -3.95. The number of hydrogen-bond acceptors (Lipinski definition) is 18. The van der Waals surface area contributed by atoms with E-state index in [0.29, 0.717) is 0 Å². The number of aliphatic hydroxyl groups excluding tert-OH is 8. The van der Waals surface area contributed by atoms with Crippen LogP contribution in [0.4, 0.5) is 0 Å². The number of hydrogen-bond donors (Lipinski definition) is 12. The van der Waals surface area contributed by atoms with Gasteiger partial charge >= 0.3 is 0 Å². The van der Waals surface area contributed by atoms with Crippen molar-refractivity contribution in [1.29, 1.82) is 0 Å². The highest BCUT2D eigenvalue weighted by atomic mass is 16.7. The Morgan fingerprint density at radius 1 is 0.667 bits per heavy atom. The van der Waals surface area contributed by atoms with Crippen molar-refractivity contribution in [2.24, 2.45) is 0 Å². The van der Waals surface area contributed by atoms with Gasteiger partial charge in [0.15, 0.2) is 17.3 Å². The molecule has 0 saturated carbocycles. The van der Waals surface area contributed by atoms with Gasteiger partial charge in [-0.3, -0.25) is 4.79 Å². The maximum absolute atomic E-state index is 13.7. The minimum Gasteiger partial charge on any atom is -0.508 e. The Kier molecular flexibility index (Phi) is 8.97. The van der Waals surface area contributed by atoms with Crippen molar-refractivity contribution in [2.75, 3.05) is 13.2 Å². The molecule has 5 rings (SSSR count). The van der Waals surface area contributed by atoms with E-state index in [-0.39, 0.29) is 5.56 Å². The fraction of sp³-hybridized carbons (Fsp3) is 0.444. The van der Waals surface area contributed by atoms with E-state index in [1.807, 2.05) is 0 Å². The van der Waals surface area contributed by atoms with Crippen LogP contribution >= 0.6 is 0 Å². The van der Waals surface area contributed by atoms with E-state index >= 15 is 0 Å². The molecule has 2 aromatic carbocycles. The van der Waals surface area contributed by atoms with Crippen LogP contribution in [-0.4, -0.2) is 136 Å². The van der Waals surface area contributed by atoms with E-state index in [1.165, 1.54) is 0 Å². The first-order valence-electron chi connectivity index (χ1n) is 13.3. The van der Waals surface area contributed by atoms with Gasteiger partial charge in [-0.2, -0.15) is 0 Å². The quantitative estimate of drug-likeness (QED) is 0.112. The molecule has 2 fully saturated rings. The fourth-order valence-electron chi connectivity index (χ4n) is 4.95. The van der Waals surface area contributed by atoms with E-state index in [0.717, 1.165) is 24.3 Å².